The van der Waals surface area contributed by atoms with Crippen molar-refractivity contribution in [3.63, 3.8) is 0 Å². The van der Waals surface area contributed by atoms with Crippen molar-refractivity contribution in [3.05, 3.63) is 12.7 Å². The molecule has 0 heterocycles. The van der Waals surface area contributed by atoms with E-state index in [2.05, 4.69) is 59.0 Å². The van der Waals surface area contributed by atoms with E-state index in [9.17, 15) is 0 Å². The van der Waals surface area contributed by atoms with Crippen molar-refractivity contribution >= 4 is 8.07 Å². The van der Waals surface area contributed by atoms with Crippen molar-refractivity contribution in [2.75, 3.05) is 20.3 Å². The summed E-state index contributed by atoms with van der Waals surface area (Å²) in [5.74, 6) is 1.94. The van der Waals surface area contributed by atoms with Gasteiger partial charge in [0.1, 0.15) is 0 Å². The van der Waals surface area contributed by atoms with Crippen molar-refractivity contribution in [1.82, 2.24) is 5.09 Å². The highest BCUT2D eigenvalue weighted by Gasteiger charge is 2.25. The van der Waals surface area contributed by atoms with Gasteiger partial charge in [0.15, 0.2) is 0 Å². The summed E-state index contributed by atoms with van der Waals surface area (Å²) in [6.45, 7) is 18.7. The van der Waals surface area contributed by atoms with Crippen LogP contribution < -0.4 is 5.09 Å². The smallest absolute Gasteiger partial charge is 0.0670 e. The largest absolute Gasteiger partial charge is 0.380 e. The summed E-state index contributed by atoms with van der Waals surface area (Å²) in [7, 11) is 1.66. The van der Waals surface area contributed by atoms with Crippen molar-refractivity contribution < 1.29 is 4.74 Å². The average molecular weight is 301 g/mol. The van der Waals surface area contributed by atoms with E-state index in [0.717, 1.165) is 12.5 Å². The van der Waals surface area contributed by atoms with Gasteiger partial charge in [0.2, 0.25) is 0 Å². The van der Waals surface area contributed by atoms with E-state index in [4.69, 9.17) is 4.74 Å². The first-order chi connectivity index (χ1) is 9.38. The first kappa shape index (κ1) is 20.1. The van der Waals surface area contributed by atoms with Crippen LogP contribution in [0.15, 0.2) is 12.7 Å². The summed E-state index contributed by atoms with van der Waals surface area (Å²) in [6, 6.07) is 0. The minimum atomic E-state index is -0.179. The molecule has 0 aromatic rings. The van der Waals surface area contributed by atoms with Crippen LogP contribution in [0.25, 0.3) is 0 Å². The van der Waals surface area contributed by atoms with E-state index < -0.39 is 0 Å². The molecule has 0 amide bonds. The molecule has 0 aromatic carbocycles. The molecule has 5 atom stereocenters. The van der Waals surface area contributed by atoms with Crippen molar-refractivity contribution in [3.8, 4) is 0 Å². The Labute approximate surface area is 128 Å². The second-order valence-electron chi connectivity index (χ2n) is 6.26. The second-order valence-corrected chi connectivity index (χ2v) is 8.61. The standard InChI is InChI=1S/C17H36NOP/c1-9-14(5)16(10-2)11-12-18-20(8)15(6)17(19-7)13(3)4/h9,13-18H,1,10-12H2,2-8H3. The number of hydrogen-bond donors (Lipinski definition) is 1. The van der Waals surface area contributed by atoms with Gasteiger partial charge in [-0.2, -0.15) is 0 Å². The van der Waals surface area contributed by atoms with Crippen molar-refractivity contribution in [2.45, 2.75) is 59.2 Å². The van der Waals surface area contributed by atoms with Crippen molar-refractivity contribution in [1.29, 1.82) is 0 Å². The minimum absolute atomic E-state index is 0.179. The molecule has 1 N–H and O–H groups in total. The molecule has 0 rings (SSSR count). The summed E-state index contributed by atoms with van der Waals surface area (Å²) in [5.41, 5.74) is 0.590. The number of ether oxygens (including phenoxy) is 1. The van der Waals surface area contributed by atoms with Crippen LogP contribution in [-0.4, -0.2) is 32.1 Å². The van der Waals surface area contributed by atoms with Crippen LogP contribution in [0.5, 0.6) is 0 Å². The third-order valence-electron chi connectivity index (χ3n) is 4.53. The summed E-state index contributed by atoms with van der Waals surface area (Å²) in [4.78, 5) is 0. The highest BCUT2D eigenvalue weighted by atomic mass is 31.1. The van der Waals surface area contributed by atoms with Crippen LogP contribution in [0.4, 0.5) is 0 Å². The van der Waals surface area contributed by atoms with Gasteiger partial charge in [-0.3, -0.25) is 5.09 Å². The average Bonchev–Trinajstić information content (AvgIpc) is 2.42. The normalized spacial score (nSPS) is 19.4. The summed E-state index contributed by atoms with van der Waals surface area (Å²) in [6.07, 6.45) is 4.92. The molecular weight excluding hydrogens is 265 g/mol. The molecule has 0 saturated heterocycles. The van der Waals surface area contributed by atoms with Gasteiger partial charge >= 0.3 is 0 Å². The lowest BCUT2D eigenvalue weighted by atomic mass is 9.89. The molecule has 0 aromatic heterocycles. The van der Waals surface area contributed by atoms with E-state index in [-0.39, 0.29) is 8.07 Å². The molecule has 20 heavy (non-hydrogen) atoms. The number of methoxy groups -OCH3 is 1. The van der Waals surface area contributed by atoms with Crippen LogP contribution in [0.3, 0.4) is 0 Å². The molecule has 0 bridgehead atoms. The molecular formula is C17H36NOP. The molecule has 0 spiro atoms. The Morgan fingerprint density at radius 2 is 1.85 bits per heavy atom. The quantitative estimate of drug-likeness (QED) is 0.433. The van der Waals surface area contributed by atoms with Gasteiger partial charge in [0, 0.05) is 12.8 Å². The molecule has 0 radical (unpaired) electrons. The van der Waals surface area contributed by atoms with Gasteiger partial charge in [-0.25, -0.2) is 0 Å². The number of hydrogen-bond acceptors (Lipinski definition) is 2. The molecule has 3 heteroatoms. The highest BCUT2D eigenvalue weighted by molar-refractivity contribution is 7.55. The molecule has 5 unspecified atom stereocenters. The molecule has 0 aliphatic heterocycles. The van der Waals surface area contributed by atoms with E-state index in [1.54, 1.807) is 0 Å². The summed E-state index contributed by atoms with van der Waals surface area (Å²) in [5, 5.41) is 3.75. The monoisotopic (exact) mass is 301 g/mol. The first-order valence-corrected chi connectivity index (χ1v) is 9.86. The minimum Gasteiger partial charge on any atom is -0.380 e. The van der Waals surface area contributed by atoms with Gasteiger partial charge in [0.25, 0.3) is 0 Å². The number of allylic oxidation sites excluding steroid dienone is 1. The summed E-state index contributed by atoms with van der Waals surface area (Å²) >= 11 is 0. The van der Waals surface area contributed by atoms with E-state index in [1.165, 1.54) is 12.8 Å². The Balaban J connectivity index is 4.20. The number of nitrogens with one attached hydrogen (secondary N) is 1. The van der Waals surface area contributed by atoms with Crippen LogP contribution >= 0.6 is 8.07 Å². The fourth-order valence-corrected chi connectivity index (χ4v) is 4.52. The topological polar surface area (TPSA) is 21.3 Å². The van der Waals surface area contributed by atoms with Crippen LogP contribution in [0.2, 0.25) is 0 Å². The third kappa shape index (κ3) is 6.70. The lowest BCUT2D eigenvalue weighted by molar-refractivity contribution is 0.0652. The Hall–Kier alpha value is 0.0900. The van der Waals surface area contributed by atoms with Gasteiger partial charge in [-0.1, -0.05) is 47.1 Å². The molecule has 0 aliphatic carbocycles. The fraction of sp³-hybridized carbons (Fsp3) is 0.882. The maximum Gasteiger partial charge on any atom is 0.0670 e. The maximum atomic E-state index is 5.66. The van der Waals surface area contributed by atoms with Gasteiger partial charge in [-0.05, 0) is 45.5 Å². The highest BCUT2D eigenvalue weighted by Crippen LogP contribution is 2.37. The van der Waals surface area contributed by atoms with E-state index in [1.807, 2.05) is 7.11 Å². The molecule has 0 saturated carbocycles. The molecule has 0 fully saturated rings. The zero-order valence-electron chi connectivity index (χ0n) is 14.6. The molecule has 120 valence electrons. The zero-order valence-corrected chi connectivity index (χ0v) is 15.5. The Bertz CT molecular complexity index is 257. The molecule has 0 aliphatic rings. The SMILES string of the molecule is C=CC(C)C(CC)CCNP(C)C(C)C(OC)C(C)C. The zero-order chi connectivity index (χ0) is 15.7. The van der Waals surface area contributed by atoms with Crippen LogP contribution in [0, 0.1) is 17.8 Å². The van der Waals surface area contributed by atoms with Gasteiger partial charge < -0.3 is 4.74 Å². The third-order valence-corrected chi connectivity index (χ3v) is 6.77. The molecule has 2 nitrogen and oxygen atoms in total. The Kier molecular flexibility index (Phi) is 10.8. The van der Waals surface area contributed by atoms with Crippen LogP contribution in [0.1, 0.15) is 47.5 Å². The van der Waals surface area contributed by atoms with Crippen LogP contribution in [-0.2, 0) is 4.74 Å². The van der Waals surface area contributed by atoms with Gasteiger partial charge in [-0.15, -0.1) is 6.58 Å². The maximum absolute atomic E-state index is 5.66. The van der Waals surface area contributed by atoms with Crippen molar-refractivity contribution in [2.24, 2.45) is 17.8 Å². The first-order valence-electron chi connectivity index (χ1n) is 8.00. The Morgan fingerprint density at radius 3 is 2.25 bits per heavy atom. The fourth-order valence-electron chi connectivity index (χ4n) is 2.85. The lowest BCUT2D eigenvalue weighted by Gasteiger charge is -2.31. The predicted molar refractivity (Wildman–Crippen MR) is 93.7 cm³/mol. The number of rotatable bonds is 11. The Morgan fingerprint density at radius 1 is 1.25 bits per heavy atom. The lowest BCUT2D eigenvalue weighted by Crippen LogP contribution is -2.32. The predicted octanol–water partition coefficient (Wildman–Crippen LogP) is 4.90. The summed E-state index contributed by atoms with van der Waals surface area (Å²) < 4.78 is 5.66. The van der Waals surface area contributed by atoms with Gasteiger partial charge in [0.05, 0.1) is 6.10 Å². The van der Waals surface area contributed by atoms with E-state index >= 15 is 0 Å². The van der Waals surface area contributed by atoms with E-state index in [0.29, 0.717) is 23.6 Å². The second kappa shape index (κ2) is 10.8.